The Balaban J connectivity index is 1.49. The zero-order valence-corrected chi connectivity index (χ0v) is 29.5. The molecule has 0 amide bonds. The van der Waals surface area contributed by atoms with Gasteiger partial charge >= 0.3 is 0 Å². The van der Waals surface area contributed by atoms with Crippen LogP contribution < -0.4 is 0 Å². The topological polar surface area (TPSA) is 57.4 Å². The molecule has 2 heterocycles. The van der Waals surface area contributed by atoms with Crippen LogP contribution in [0.5, 0.6) is 0 Å². The second-order valence-corrected chi connectivity index (χ2v) is 14.0. The standard InChI is InChI=1S/C48H34N4/c1-29-5-17-43-39(21-29)40-22-30(2)6-18-44(40)51(43)47-25-37(35-13-9-33(27-49)10-14-35)38(36-15-11-34(28-50)12-16-36)26-48(47)52-45-19-7-31(3)23-41(45)42-24-32(4)8-20-46(42)52/h5-26H,1-4H3. The summed E-state index contributed by atoms with van der Waals surface area (Å²) in [6, 6.07) is 51.9. The Labute approximate surface area is 302 Å². The highest BCUT2D eigenvalue weighted by atomic mass is 15.1. The fourth-order valence-corrected chi connectivity index (χ4v) is 7.88. The average molecular weight is 667 g/mol. The Morgan fingerprint density at radius 1 is 0.365 bits per heavy atom. The number of benzene rings is 7. The lowest BCUT2D eigenvalue weighted by Crippen LogP contribution is -2.05. The zero-order chi connectivity index (χ0) is 35.7. The van der Waals surface area contributed by atoms with E-state index in [2.05, 4.69) is 134 Å². The Kier molecular flexibility index (Phi) is 7.11. The number of aromatic nitrogens is 2. The minimum Gasteiger partial charge on any atom is -0.307 e. The maximum Gasteiger partial charge on any atom is 0.0991 e. The van der Waals surface area contributed by atoms with E-state index in [4.69, 9.17) is 0 Å². The van der Waals surface area contributed by atoms with Gasteiger partial charge in [-0.2, -0.15) is 10.5 Å². The summed E-state index contributed by atoms with van der Waals surface area (Å²) < 4.78 is 4.85. The molecule has 4 nitrogen and oxygen atoms in total. The van der Waals surface area contributed by atoms with Gasteiger partial charge in [0.2, 0.25) is 0 Å². The number of nitriles is 2. The van der Waals surface area contributed by atoms with Crippen molar-refractivity contribution in [3.05, 3.63) is 167 Å². The number of hydrogen-bond acceptors (Lipinski definition) is 2. The molecule has 0 aliphatic heterocycles. The molecule has 0 aliphatic rings. The van der Waals surface area contributed by atoms with E-state index in [9.17, 15) is 10.5 Å². The van der Waals surface area contributed by atoms with Crippen molar-refractivity contribution < 1.29 is 0 Å². The van der Waals surface area contributed by atoms with Crippen molar-refractivity contribution in [2.45, 2.75) is 27.7 Å². The number of nitrogens with zero attached hydrogens (tertiary/aromatic N) is 4. The summed E-state index contributed by atoms with van der Waals surface area (Å²) in [5.41, 5.74) is 16.8. The minimum atomic E-state index is 0.615. The van der Waals surface area contributed by atoms with Crippen LogP contribution in [0.4, 0.5) is 0 Å². The predicted octanol–water partition coefficient (Wildman–Crippen LogP) is 12.2. The van der Waals surface area contributed by atoms with Gasteiger partial charge in [0.1, 0.15) is 0 Å². The van der Waals surface area contributed by atoms with Crippen LogP contribution in [0.2, 0.25) is 0 Å². The molecule has 0 radical (unpaired) electrons. The molecule has 0 spiro atoms. The van der Waals surface area contributed by atoms with Gasteiger partial charge in [-0.3, -0.25) is 0 Å². The summed E-state index contributed by atoms with van der Waals surface area (Å²) in [7, 11) is 0. The highest BCUT2D eigenvalue weighted by Crippen LogP contribution is 2.44. The molecular weight excluding hydrogens is 633 g/mol. The zero-order valence-electron chi connectivity index (χ0n) is 29.5. The summed E-state index contributed by atoms with van der Waals surface area (Å²) >= 11 is 0. The lowest BCUT2D eigenvalue weighted by atomic mass is 9.92. The van der Waals surface area contributed by atoms with Gasteiger partial charge in [0, 0.05) is 21.5 Å². The summed E-state index contributed by atoms with van der Waals surface area (Å²) in [4.78, 5) is 0. The molecule has 0 unspecified atom stereocenters. The van der Waals surface area contributed by atoms with E-state index < -0.39 is 0 Å². The highest BCUT2D eigenvalue weighted by molar-refractivity contribution is 6.12. The fourth-order valence-electron chi connectivity index (χ4n) is 7.88. The van der Waals surface area contributed by atoms with E-state index in [1.165, 1.54) is 43.8 Å². The normalized spacial score (nSPS) is 11.4. The smallest absolute Gasteiger partial charge is 0.0991 e. The average Bonchev–Trinajstić information content (AvgIpc) is 3.65. The highest BCUT2D eigenvalue weighted by Gasteiger charge is 2.23. The van der Waals surface area contributed by atoms with Crippen LogP contribution in [0.3, 0.4) is 0 Å². The van der Waals surface area contributed by atoms with Crippen LogP contribution in [0.15, 0.2) is 133 Å². The first-order valence-corrected chi connectivity index (χ1v) is 17.5. The Morgan fingerprint density at radius 2 is 0.654 bits per heavy atom. The van der Waals surface area contributed by atoms with E-state index in [0.29, 0.717) is 11.1 Å². The molecule has 0 saturated heterocycles. The van der Waals surface area contributed by atoms with Gasteiger partial charge in [0.05, 0.1) is 56.7 Å². The van der Waals surface area contributed by atoms with Gasteiger partial charge in [-0.1, -0.05) is 70.8 Å². The summed E-state index contributed by atoms with van der Waals surface area (Å²) in [6.07, 6.45) is 0. The molecule has 2 aromatic heterocycles. The Hall–Kier alpha value is -6.88. The third-order valence-corrected chi connectivity index (χ3v) is 10.4. The van der Waals surface area contributed by atoms with Gasteiger partial charge in [0.15, 0.2) is 0 Å². The van der Waals surface area contributed by atoms with Crippen molar-refractivity contribution in [3.8, 4) is 45.8 Å². The quantitative estimate of drug-likeness (QED) is 0.188. The van der Waals surface area contributed by atoms with Crippen molar-refractivity contribution in [2.24, 2.45) is 0 Å². The van der Waals surface area contributed by atoms with Gasteiger partial charge in [-0.15, -0.1) is 0 Å². The summed E-state index contributed by atoms with van der Waals surface area (Å²) in [5.74, 6) is 0. The van der Waals surface area contributed by atoms with E-state index in [-0.39, 0.29) is 0 Å². The Morgan fingerprint density at radius 3 is 0.923 bits per heavy atom. The third kappa shape index (κ3) is 4.89. The molecule has 0 N–H and O–H groups in total. The summed E-state index contributed by atoms with van der Waals surface area (Å²) in [6.45, 7) is 8.62. The van der Waals surface area contributed by atoms with Crippen molar-refractivity contribution in [2.75, 3.05) is 0 Å². The molecule has 246 valence electrons. The van der Waals surface area contributed by atoms with Gasteiger partial charge in [-0.25, -0.2) is 0 Å². The first-order chi connectivity index (χ1) is 25.3. The molecule has 9 rings (SSSR count). The maximum absolute atomic E-state index is 9.66. The molecule has 0 atom stereocenters. The lowest BCUT2D eigenvalue weighted by Gasteiger charge is -2.21. The molecule has 0 fully saturated rings. The lowest BCUT2D eigenvalue weighted by molar-refractivity contribution is 1.09. The van der Waals surface area contributed by atoms with Gasteiger partial charge in [0.25, 0.3) is 0 Å². The maximum atomic E-state index is 9.66. The largest absolute Gasteiger partial charge is 0.307 e. The number of fused-ring (bicyclic) bond motifs is 6. The molecule has 7 aromatic carbocycles. The summed E-state index contributed by atoms with van der Waals surface area (Å²) in [5, 5.41) is 24.2. The molecule has 9 aromatic rings. The van der Waals surface area contributed by atoms with Gasteiger partial charge < -0.3 is 9.13 Å². The fraction of sp³-hybridized carbons (Fsp3) is 0.0833. The Bertz CT molecular complexity index is 2670. The molecule has 0 bridgehead atoms. The predicted molar refractivity (Wildman–Crippen MR) is 214 cm³/mol. The molecule has 4 heteroatoms. The van der Waals surface area contributed by atoms with Crippen LogP contribution in [0.25, 0.3) is 77.2 Å². The van der Waals surface area contributed by atoms with Crippen LogP contribution >= 0.6 is 0 Å². The van der Waals surface area contributed by atoms with Crippen LogP contribution in [-0.2, 0) is 0 Å². The van der Waals surface area contributed by atoms with Crippen molar-refractivity contribution in [1.82, 2.24) is 9.13 Å². The molecular formula is C48H34N4. The third-order valence-electron chi connectivity index (χ3n) is 10.4. The van der Waals surface area contributed by atoms with E-state index in [0.717, 1.165) is 55.7 Å². The number of aryl methyl sites for hydroxylation is 4. The van der Waals surface area contributed by atoms with E-state index >= 15 is 0 Å². The van der Waals surface area contributed by atoms with Gasteiger partial charge in [-0.05, 0) is 135 Å². The van der Waals surface area contributed by atoms with Crippen LogP contribution in [0.1, 0.15) is 33.4 Å². The first kappa shape index (κ1) is 31.1. The number of hydrogen-bond donors (Lipinski definition) is 0. The molecule has 0 saturated carbocycles. The second-order valence-electron chi connectivity index (χ2n) is 14.0. The van der Waals surface area contributed by atoms with E-state index in [1.54, 1.807) is 0 Å². The van der Waals surface area contributed by atoms with Crippen molar-refractivity contribution in [3.63, 3.8) is 0 Å². The van der Waals surface area contributed by atoms with Crippen LogP contribution in [-0.4, -0.2) is 9.13 Å². The van der Waals surface area contributed by atoms with Crippen LogP contribution in [0, 0.1) is 50.4 Å². The van der Waals surface area contributed by atoms with Crippen molar-refractivity contribution in [1.29, 1.82) is 10.5 Å². The molecule has 52 heavy (non-hydrogen) atoms. The molecule has 0 aliphatic carbocycles. The van der Waals surface area contributed by atoms with E-state index in [1.807, 2.05) is 48.5 Å². The van der Waals surface area contributed by atoms with Crippen molar-refractivity contribution >= 4 is 43.6 Å². The minimum absolute atomic E-state index is 0.615. The second kappa shape index (κ2) is 11.9. The number of rotatable bonds is 4. The monoisotopic (exact) mass is 666 g/mol. The SMILES string of the molecule is Cc1ccc2c(c1)c1cc(C)ccc1n2-c1cc(-c2ccc(C#N)cc2)c(-c2ccc(C#N)cc2)cc1-n1c2ccc(C)cc2c2cc(C)ccc21. The first-order valence-electron chi connectivity index (χ1n) is 17.5.